The number of alkyl halides is 1. The standard InChI is InChI=1S/C26H49BrN2O8/c1-3-22(20-30)37-26(34-2)21-36-25(33)14-11-13-23(31)28-16-12-18-35-17-10-8-6-4-5-7-9-15-29-24(32)19-27/h22,26,30H,3-21H2,1-2H3,(H,28,31)(H,29,32). The number of aliphatic hydroxyl groups excluding tert-OH is 1. The molecule has 2 atom stereocenters. The lowest BCUT2D eigenvalue weighted by Gasteiger charge is -2.21. The summed E-state index contributed by atoms with van der Waals surface area (Å²) in [6.07, 6.45) is 9.06. The molecule has 0 heterocycles. The maximum absolute atomic E-state index is 11.9. The molecular weight excluding hydrogens is 548 g/mol. The van der Waals surface area contributed by atoms with Gasteiger partial charge in [0.25, 0.3) is 0 Å². The highest BCUT2D eigenvalue weighted by atomic mass is 79.9. The molecule has 11 heteroatoms. The first-order valence-electron chi connectivity index (χ1n) is 13.6. The number of rotatable bonds is 26. The number of esters is 1. The van der Waals surface area contributed by atoms with Gasteiger partial charge in [-0.1, -0.05) is 55.0 Å². The van der Waals surface area contributed by atoms with E-state index in [1.807, 2.05) is 6.92 Å². The molecular formula is C26H49BrN2O8. The molecule has 0 aliphatic rings. The molecule has 0 aromatic rings. The van der Waals surface area contributed by atoms with Crippen LogP contribution in [0.1, 0.15) is 84.0 Å². The van der Waals surface area contributed by atoms with Crippen molar-refractivity contribution >= 4 is 33.7 Å². The zero-order valence-corrected chi connectivity index (χ0v) is 24.4. The Balaban J connectivity index is 3.48. The molecule has 0 fully saturated rings. The van der Waals surface area contributed by atoms with Crippen LogP contribution in [-0.2, 0) is 33.3 Å². The van der Waals surface area contributed by atoms with E-state index >= 15 is 0 Å². The zero-order valence-electron chi connectivity index (χ0n) is 22.8. The van der Waals surface area contributed by atoms with Crippen molar-refractivity contribution in [3.8, 4) is 0 Å². The fourth-order valence-electron chi connectivity index (χ4n) is 3.35. The number of amides is 2. The highest BCUT2D eigenvalue weighted by molar-refractivity contribution is 9.09. The Kier molecular flexibility index (Phi) is 25.4. The van der Waals surface area contributed by atoms with E-state index in [4.69, 9.17) is 24.1 Å². The molecule has 218 valence electrons. The number of methoxy groups -OCH3 is 1. The normalized spacial score (nSPS) is 12.6. The molecule has 10 nitrogen and oxygen atoms in total. The van der Waals surface area contributed by atoms with Crippen LogP contribution in [0.2, 0.25) is 0 Å². The van der Waals surface area contributed by atoms with Crippen LogP contribution in [0.4, 0.5) is 0 Å². The van der Waals surface area contributed by atoms with Crippen molar-refractivity contribution in [1.82, 2.24) is 10.6 Å². The Morgan fingerprint density at radius 3 is 2.11 bits per heavy atom. The predicted octanol–water partition coefficient (Wildman–Crippen LogP) is 3.22. The third-order valence-electron chi connectivity index (χ3n) is 5.63. The summed E-state index contributed by atoms with van der Waals surface area (Å²) in [6, 6.07) is 0. The van der Waals surface area contributed by atoms with Crippen molar-refractivity contribution in [2.24, 2.45) is 0 Å². The summed E-state index contributed by atoms with van der Waals surface area (Å²) >= 11 is 3.13. The Labute approximate surface area is 231 Å². The van der Waals surface area contributed by atoms with Gasteiger partial charge in [-0.25, -0.2) is 0 Å². The number of nitrogens with one attached hydrogen (secondary N) is 2. The highest BCUT2D eigenvalue weighted by Crippen LogP contribution is 2.08. The summed E-state index contributed by atoms with van der Waals surface area (Å²) in [7, 11) is 1.45. The summed E-state index contributed by atoms with van der Waals surface area (Å²) in [5.74, 6) is -0.465. The van der Waals surface area contributed by atoms with Gasteiger partial charge in [0.05, 0.1) is 18.0 Å². The van der Waals surface area contributed by atoms with Crippen LogP contribution >= 0.6 is 15.9 Å². The largest absolute Gasteiger partial charge is 0.460 e. The van der Waals surface area contributed by atoms with Crippen LogP contribution in [-0.4, -0.2) is 87.2 Å². The average molecular weight is 598 g/mol. The Morgan fingerprint density at radius 2 is 1.46 bits per heavy atom. The summed E-state index contributed by atoms with van der Waals surface area (Å²) < 4.78 is 21.3. The quantitative estimate of drug-likeness (QED) is 0.0600. The second-order valence-corrected chi connectivity index (χ2v) is 9.39. The summed E-state index contributed by atoms with van der Waals surface area (Å²) in [4.78, 5) is 34.8. The molecule has 0 aromatic carbocycles. The molecule has 0 aromatic heterocycles. The number of hydrogen-bond donors (Lipinski definition) is 3. The molecule has 0 radical (unpaired) electrons. The van der Waals surface area contributed by atoms with Gasteiger partial charge >= 0.3 is 5.97 Å². The van der Waals surface area contributed by atoms with E-state index in [2.05, 4.69) is 26.6 Å². The molecule has 0 bridgehead atoms. The molecule has 2 amide bonds. The fraction of sp³-hybridized carbons (Fsp3) is 0.885. The number of carbonyl (C=O) groups excluding carboxylic acids is 3. The van der Waals surface area contributed by atoms with Gasteiger partial charge in [0.1, 0.15) is 6.61 Å². The van der Waals surface area contributed by atoms with E-state index in [0.717, 1.165) is 45.3 Å². The van der Waals surface area contributed by atoms with Gasteiger partial charge in [0, 0.05) is 46.3 Å². The van der Waals surface area contributed by atoms with Crippen LogP contribution in [0, 0.1) is 0 Å². The maximum atomic E-state index is 11.9. The van der Waals surface area contributed by atoms with Crippen molar-refractivity contribution in [3.05, 3.63) is 0 Å². The molecule has 0 saturated carbocycles. The van der Waals surface area contributed by atoms with Gasteiger partial charge < -0.3 is 34.7 Å². The topological polar surface area (TPSA) is 132 Å². The van der Waals surface area contributed by atoms with E-state index in [1.54, 1.807) is 0 Å². The van der Waals surface area contributed by atoms with E-state index < -0.39 is 12.3 Å². The summed E-state index contributed by atoms with van der Waals surface area (Å²) in [5, 5.41) is 15.2. The van der Waals surface area contributed by atoms with Crippen LogP contribution in [0.15, 0.2) is 0 Å². The van der Waals surface area contributed by atoms with Crippen molar-refractivity contribution in [3.63, 3.8) is 0 Å². The minimum Gasteiger partial charge on any atom is -0.460 e. The lowest BCUT2D eigenvalue weighted by molar-refractivity contribution is -0.194. The van der Waals surface area contributed by atoms with Crippen molar-refractivity contribution in [1.29, 1.82) is 0 Å². The molecule has 0 spiro atoms. The second-order valence-electron chi connectivity index (χ2n) is 8.83. The van der Waals surface area contributed by atoms with Gasteiger partial charge in [0.2, 0.25) is 11.8 Å². The van der Waals surface area contributed by atoms with Crippen molar-refractivity contribution < 1.29 is 38.4 Å². The van der Waals surface area contributed by atoms with Crippen LogP contribution in [0.25, 0.3) is 0 Å². The van der Waals surface area contributed by atoms with Gasteiger partial charge in [-0.15, -0.1) is 0 Å². The number of aliphatic hydroxyl groups is 1. The molecule has 0 aliphatic carbocycles. The zero-order chi connectivity index (χ0) is 27.6. The highest BCUT2D eigenvalue weighted by Gasteiger charge is 2.16. The van der Waals surface area contributed by atoms with E-state index in [0.29, 0.717) is 31.3 Å². The second kappa shape index (κ2) is 26.3. The first-order chi connectivity index (χ1) is 18.0. The minimum atomic E-state index is -0.729. The number of hydrogen-bond acceptors (Lipinski definition) is 8. The summed E-state index contributed by atoms with van der Waals surface area (Å²) in [5.41, 5.74) is 0. The monoisotopic (exact) mass is 596 g/mol. The molecule has 2 unspecified atom stereocenters. The first-order valence-corrected chi connectivity index (χ1v) is 14.7. The Morgan fingerprint density at radius 1 is 0.838 bits per heavy atom. The maximum Gasteiger partial charge on any atom is 0.305 e. The first kappa shape index (κ1) is 35.7. The van der Waals surface area contributed by atoms with Crippen molar-refractivity contribution in [2.75, 3.05) is 52.0 Å². The van der Waals surface area contributed by atoms with E-state index in [-0.39, 0.29) is 44.0 Å². The number of ether oxygens (including phenoxy) is 4. The Hall–Kier alpha value is -1.27. The van der Waals surface area contributed by atoms with Gasteiger partial charge in [-0.2, -0.15) is 0 Å². The van der Waals surface area contributed by atoms with E-state index in [1.165, 1.54) is 26.4 Å². The predicted molar refractivity (Wildman–Crippen MR) is 145 cm³/mol. The molecule has 0 aliphatic heterocycles. The summed E-state index contributed by atoms with van der Waals surface area (Å²) in [6.45, 7) is 4.35. The van der Waals surface area contributed by atoms with Gasteiger partial charge in [-0.3, -0.25) is 14.4 Å². The minimum absolute atomic E-state index is 0.0439. The lowest BCUT2D eigenvalue weighted by Crippen LogP contribution is -2.30. The van der Waals surface area contributed by atoms with Crippen LogP contribution in [0.3, 0.4) is 0 Å². The SMILES string of the molecule is CCC(CO)OC(COC(=O)CCCC(=O)NCCCOCCCCCCCCCNC(=O)CBr)OC. The average Bonchev–Trinajstić information content (AvgIpc) is 2.90. The van der Waals surface area contributed by atoms with Crippen LogP contribution in [0.5, 0.6) is 0 Å². The lowest BCUT2D eigenvalue weighted by atomic mass is 10.1. The van der Waals surface area contributed by atoms with E-state index in [9.17, 15) is 14.4 Å². The number of unbranched alkanes of at least 4 members (excludes halogenated alkanes) is 6. The van der Waals surface area contributed by atoms with Gasteiger partial charge in [0.15, 0.2) is 6.29 Å². The fourth-order valence-corrected chi connectivity index (χ4v) is 3.55. The van der Waals surface area contributed by atoms with Crippen LogP contribution < -0.4 is 10.6 Å². The third kappa shape index (κ3) is 23.6. The van der Waals surface area contributed by atoms with Crippen molar-refractivity contribution in [2.45, 2.75) is 96.4 Å². The Bertz CT molecular complexity index is 579. The third-order valence-corrected chi connectivity index (χ3v) is 6.14. The molecule has 3 N–H and O–H groups in total. The molecule has 0 rings (SSSR count). The smallest absolute Gasteiger partial charge is 0.305 e. The molecule has 0 saturated heterocycles. The van der Waals surface area contributed by atoms with Gasteiger partial charge in [-0.05, 0) is 32.1 Å². The number of carbonyl (C=O) groups is 3. The molecule has 37 heavy (non-hydrogen) atoms. The number of halogens is 1.